The first-order valence-corrected chi connectivity index (χ1v) is 8.47. The second-order valence-electron chi connectivity index (χ2n) is 4.49. The molecule has 0 radical (unpaired) electrons. The summed E-state index contributed by atoms with van der Waals surface area (Å²) in [5.74, 6) is 0.118. The highest BCUT2D eigenvalue weighted by Gasteiger charge is 2.16. The van der Waals surface area contributed by atoms with Crippen LogP contribution in [0.3, 0.4) is 0 Å². The molecule has 0 unspecified atom stereocenters. The number of ketones is 1. The molecule has 0 amide bonds. The number of carbonyl (C=O) groups excluding carboxylic acids is 1. The second-order valence-corrected chi connectivity index (χ2v) is 6.16. The molecule has 2 rings (SSSR count). The van der Waals surface area contributed by atoms with Gasteiger partial charge in [0.15, 0.2) is 5.78 Å². The predicted molar refractivity (Wildman–Crippen MR) is 86.6 cm³/mol. The highest BCUT2D eigenvalue weighted by molar-refractivity contribution is 9.10. The van der Waals surface area contributed by atoms with Gasteiger partial charge in [0, 0.05) is 17.0 Å². The monoisotopic (exact) mass is 352 g/mol. The molecule has 0 N–H and O–H groups in total. The lowest BCUT2D eigenvalue weighted by atomic mass is 10.1. The molecule has 2 aromatic rings. The fourth-order valence-electron chi connectivity index (χ4n) is 2.07. The Hall–Kier alpha value is -1.07. The van der Waals surface area contributed by atoms with E-state index in [4.69, 9.17) is 0 Å². The Morgan fingerprint density at radius 1 is 1.35 bits per heavy atom. The Morgan fingerprint density at radius 3 is 2.55 bits per heavy atom. The maximum atomic E-state index is 12.4. The molecule has 0 aliphatic rings. The molecule has 0 fully saturated rings. The van der Waals surface area contributed by atoms with E-state index in [1.54, 1.807) is 11.8 Å². The SMILES string of the molecule is CCn1nc(C)c(Br)c1CC(=O)c1ccc(SC)cc1. The molecule has 0 atom stereocenters. The van der Waals surface area contributed by atoms with E-state index in [1.807, 2.05) is 49.1 Å². The summed E-state index contributed by atoms with van der Waals surface area (Å²) in [6, 6.07) is 7.74. The number of carbonyl (C=O) groups is 1. The third-order valence-corrected chi connectivity index (χ3v) is 4.97. The zero-order valence-electron chi connectivity index (χ0n) is 11.8. The van der Waals surface area contributed by atoms with E-state index in [-0.39, 0.29) is 5.78 Å². The molecule has 1 heterocycles. The third kappa shape index (κ3) is 3.15. The fraction of sp³-hybridized carbons (Fsp3) is 0.333. The summed E-state index contributed by atoms with van der Waals surface area (Å²) in [5.41, 5.74) is 2.62. The van der Waals surface area contributed by atoms with Crippen molar-refractivity contribution in [2.75, 3.05) is 6.26 Å². The van der Waals surface area contributed by atoms with E-state index in [0.717, 1.165) is 32.9 Å². The highest BCUT2D eigenvalue weighted by atomic mass is 79.9. The average molecular weight is 353 g/mol. The summed E-state index contributed by atoms with van der Waals surface area (Å²) in [6.45, 7) is 4.73. The summed E-state index contributed by atoms with van der Waals surface area (Å²) in [6.07, 6.45) is 2.39. The maximum Gasteiger partial charge on any atom is 0.168 e. The Morgan fingerprint density at radius 2 is 2.00 bits per heavy atom. The van der Waals surface area contributed by atoms with Crippen LogP contribution in [0.1, 0.15) is 28.7 Å². The van der Waals surface area contributed by atoms with E-state index in [2.05, 4.69) is 21.0 Å². The first kappa shape index (κ1) is 15.3. The van der Waals surface area contributed by atoms with Gasteiger partial charge in [-0.2, -0.15) is 5.10 Å². The van der Waals surface area contributed by atoms with Gasteiger partial charge in [-0.15, -0.1) is 11.8 Å². The Kier molecular flexibility index (Phi) is 5.05. The van der Waals surface area contributed by atoms with E-state index in [9.17, 15) is 4.79 Å². The molecular weight excluding hydrogens is 336 g/mol. The number of nitrogens with zero attached hydrogens (tertiary/aromatic N) is 2. The van der Waals surface area contributed by atoms with Gasteiger partial charge in [-0.1, -0.05) is 12.1 Å². The topological polar surface area (TPSA) is 34.9 Å². The number of hydrogen-bond donors (Lipinski definition) is 0. The van der Waals surface area contributed by atoms with Crippen LogP contribution in [0.25, 0.3) is 0 Å². The highest BCUT2D eigenvalue weighted by Crippen LogP contribution is 2.23. The normalized spacial score (nSPS) is 10.8. The molecule has 0 aliphatic carbocycles. The first-order chi connectivity index (χ1) is 9.56. The molecule has 5 heteroatoms. The van der Waals surface area contributed by atoms with E-state index in [1.165, 1.54) is 0 Å². The van der Waals surface area contributed by atoms with Crippen LogP contribution in [0.4, 0.5) is 0 Å². The summed E-state index contributed by atoms with van der Waals surface area (Å²) in [5, 5.41) is 4.42. The molecule has 106 valence electrons. The van der Waals surface area contributed by atoms with Gasteiger partial charge in [-0.05, 0) is 48.2 Å². The predicted octanol–water partition coefficient (Wildman–Crippen LogP) is 4.12. The number of aryl methyl sites for hydroxylation is 2. The van der Waals surface area contributed by atoms with Crippen molar-refractivity contribution in [1.82, 2.24) is 9.78 Å². The zero-order chi connectivity index (χ0) is 14.7. The Balaban J connectivity index is 2.22. The standard InChI is InChI=1S/C15H17BrN2OS/c1-4-18-13(15(16)10(2)17-18)9-14(19)11-5-7-12(20-3)8-6-11/h5-8H,4,9H2,1-3H3. The van der Waals surface area contributed by atoms with Crippen LogP contribution in [0, 0.1) is 6.92 Å². The van der Waals surface area contributed by atoms with Crippen molar-refractivity contribution in [2.24, 2.45) is 0 Å². The summed E-state index contributed by atoms with van der Waals surface area (Å²) >= 11 is 5.20. The molecule has 0 saturated heterocycles. The Labute approximate surface area is 131 Å². The molecule has 1 aromatic heterocycles. The molecule has 0 bridgehead atoms. The number of aromatic nitrogens is 2. The van der Waals surface area contributed by atoms with Crippen molar-refractivity contribution in [3.8, 4) is 0 Å². The van der Waals surface area contributed by atoms with Crippen molar-refractivity contribution in [3.05, 3.63) is 45.7 Å². The molecule has 0 aliphatic heterocycles. The number of Topliss-reactive ketones (excluding diaryl/α,β-unsaturated/α-hetero) is 1. The van der Waals surface area contributed by atoms with Crippen LogP contribution in [-0.2, 0) is 13.0 Å². The molecule has 0 saturated carbocycles. The minimum absolute atomic E-state index is 0.118. The molecule has 3 nitrogen and oxygen atoms in total. The molecule has 0 spiro atoms. The minimum atomic E-state index is 0.118. The van der Waals surface area contributed by atoms with Crippen molar-refractivity contribution >= 4 is 33.5 Å². The average Bonchev–Trinajstić information content (AvgIpc) is 2.75. The van der Waals surface area contributed by atoms with E-state index in [0.29, 0.717) is 6.42 Å². The lowest BCUT2D eigenvalue weighted by Gasteiger charge is -2.06. The van der Waals surface area contributed by atoms with E-state index >= 15 is 0 Å². The second kappa shape index (κ2) is 6.59. The van der Waals surface area contributed by atoms with Gasteiger partial charge in [-0.3, -0.25) is 9.48 Å². The van der Waals surface area contributed by atoms with Gasteiger partial charge in [0.1, 0.15) is 0 Å². The van der Waals surface area contributed by atoms with Gasteiger partial charge in [-0.25, -0.2) is 0 Å². The lowest BCUT2D eigenvalue weighted by molar-refractivity contribution is 0.0990. The van der Waals surface area contributed by atoms with E-state index < -0.39 is 0 Å². The van der Waals surface area contributed by atoms with Crippen LogP contribution in [-0.4, -0.2) is 21.8 Å². The van der Waals surface area contributed by atoms with Crippen molar-refractivity contribution < 1.29 is 4.79 Å². The largest absolute Gasteiger partial charge is 0.294 e. The van der Waals surface area contributed by atoms with Gasteiger partial charge in [0.2, 0.25) is 0 Å². The maximum absolute atomic E-state index is 12.4. The Bertz CT molecular complexity index is 620. The molecular formula is C15H17BrN2OS. The van der Waals surface area contributed by atoms with Crippen LogP contribution in [0.2, 0.25) is 0 Å². The summed E-state index contributed by atoms with van der Waals surface area (Å²) in [7, 11) is 0. The summed E-state index contributed by atoms with van der Waals surface area (Å²) < 4.78 is 2.82. The first-order valence-electron chi connectivity index (χ1n) is 6.45. The molecule has 1 aromatic carbocycles. The third-order valence-electron chi connectivity index (χ3n) is 3.19. The number of hydrogen-bond acceptors (Lipinski definition) is 3. The van der Waals surface area contributed by atoms with Crippen molar-refractivity contribution in [1.29, 1.82) is 0 Å². The zero-order valence-corrected chi connectivity index (χ0v) is 14.2. The minimum Gasteiger partial charge on any atom is -0.294 e. The van der Waals surface area contributed by atoms with Crippen LogP contribution < -0.4 is 0 Å². The fourth-order valence-corrected chi connectivity index (χ4v) is 2.90. The van der Waals surface area contributed by atoms with Crippen molar-refractivity contribution in [3.63, 3.8) is 0 Å². The van der Waals surface area contributed by atoms with Gasteiger partial charge in [0.05, 0.1) is 22.3 Å². The van der Waals surface area contributed by atoms with Crippen LogP contribution >= 0.6 is 27.7 Å². The van der Waals surface area contributed by atoms with Crippen LogP contribution in [0.5, 0.6) is 0 Å². The lowest BCUT2D eigenvalue weighted by Crippen LogP contribution is -2.10. The van der Waals surface area contributed by atoms with Gasteiger partial charge < -0.3 is 0 Å². The number of benzene rings is 1. The number of thioether (sulfide) groups is 1. The van der Waals surface area contributed by atoms with Crippen LogP contribution in [0.15, 0.2) is 33.6 Å². The number of halogens is 1. The number of rotatable bonds is 5. The summed E-state index contributed by atoms with van der Waals surface area (Å²) in [4.78, 5) is 13.5. The van der Waals surface area contributed by atoms with Gasteiger partial charge in [0.25, 0.3) is 0 Å². The van der Waals surface area contributed by atoms with Crippen molar-refractivity contribution in [2.45, 2.75) is 31.7 Å². The smallest absolute Gasteiger partial charge is 0.168 e. The van der Waals surface area contributed by atoms with Gasteiger partial charge >= 0.3 is 0 Å². The molecule has 20 heavy (non-hydrogen) atoms. The quantitative estimate of drug-likeness (QED) is 0.599.